The molecule has 2 saturated carbocycles. The first-order chi connectivity index (χ1) is 12.9. The predicted molar refractivity (Wildman–Crippen MR) is 108 cm³/mol. The van der Waals surface area contributed by atoms with Crippen LogP contribution in [0.4, 0.5) is 0 Å². The number of aromatic nitrogens is 2. The van der Waals surface area contributed by atoms with Gasteiger partial charge in [0.25, 0.3) is 5.56 Å². The topological polar surface area (TPSA) is 68.1 Å². The van der Waals surface area contributed by atoms with Crippen LogP contribution >= 0.6 is 11.9 Å². The van der Waals surface area contributed by atoms with Crippen LogP contribution in [-0.4, -0.2) is 27.8 Å². The van der Waals surface area contributed by atoms with Crippen LogP contribution in [0.5, 0.6) is 0 Å². The summed E-state index contributed by atoms with van der Waals surface area (Å²) in [6.45, 7) is 6.49. The number of benzene rings is 1. The Morgan fingerprint density at radius 2 is 1.93 bits per heavy atom. The van der Waals surface area contributed by atoms with Crippen LogP contribution in [0.2, 0.25) is 0 Å². The van der Waals surface area contributed by atoms with Gasteiger partial charge < -0.3 is 5.32 Å². The highest BCUT2D eigenvalue weighted by molar-refractivity contribution is 7.97. The van der Waals surface area contributed by atoms with Crippen LogP contribution in [0, 0.1) is 5.41 Å². The molecule has 3 fully saturated rings. The van der Waals surface area contributed by atoms with Crippen molar-refractivity contribution in [3.8, 4) is 0 Å². The second-order valence-corrected chi connectivity index (χ2v) is 9.99. The minimum absolute atomic E-state index is 0.0348. The summed E-state index contributed by atoms with van der Waals surface area (Å²) in [5.41, 5.74) is 0.863. The third-order valence-corrected chi connectivity index (χ3v) is 7.41. The molecule has 0 bridgehead atoms. The van der Waals surface area contributed by atoms with Gasteiger partial charge in [0, 0.05) is 30.1 Å². The smallest absolute Gasteiger partial charge is 0.312 e. The third-order valence-electron chi connectivity index (χ3n) is 6.33. The van der Waals surface area contributed by atoms with E-state index in [1.165, 1.54) is 17.4 Å². The van der Waals surface area contributed by atoms with Crippen molar-refractivity contribution in [2.45, 2.75) is 62.6 Å². The van der Waals surface area contributed by atoms with Crippen LogP contribution in [-0.2, 0) is 6.54 Å². The van der Waals surface area contributed by atoms with Gasteiger partial charge in [-0.1, -0.05) is 6.92 Å². The Hall–Kier alpha value is -1.57. The fourth-order valence-corrected chi connectivity index (χ4v) is 4.47. The zero-order valence-corrected chi connectivity index (χ0v) is 16.7. The largest absolute Gasteiger partial charge is 0.331 e. The van der Waals surface area contributed by atoms with Crippen molar-refractivity contribution in [2.24, 2.45) is 5.41 Å². The zero-order chi connectivity index (χ0) is 18.8. The van der Waals surface area contributed by atoms with Crippen molar-refractivity contribution in [3.05, 3.63) is 39.0 Å². The molecule has 0 spiro atoms. The molecule has 7 heteroatoms. The molecule has 0 atom stereocenters. The molecule has 1 aliphatic heterocycles. The predicted octanol–water partition coefficient (Wildman–Crippen LogP) is 2.26. The maximum absolute atomic E-state index is 13.2. The lowest BCUT2D eigenvalue weighted by Gasteiger charge is -2.29. The van der Waals surface area contributed by atoms with Gasteiger partial charge in [0.1, 0.15) is 0 Å². The number of nitrogens with one attached hydrogen (secondary N) is 2. The van der Waals surface area contributed by atoms with Gasteiger partial charge in [-0.25, -0.2) is 4.79 Å². The van der Waals surface area contributed by atoms with Crippen molar-refractivity contribution < 1.29 is 0 Å². The van der Waals surface area contributed by atoms with Crippen LogP contribution in [0.3, 0.4) is 0 Å². The summed E-state index contributed by atoms with van der Waals surface area (Å²) in [4.78, 5) is 27.4. The molecule has 3 aliphatic rings. The highest BCUT2D eigenvalue weighted by atomic mass is 32.2. The highest BCUT2D eigenvalue weighted by Crippen LogP contribution is 2.46. The molecule has 0 radical (unpaired) electrons. The molecule has 0 unspecified atom stereocenters. The summed E-state index contributed by atoms with van der Waals surface area (Å²) >= 11 is 1.59. The molecule has 144 valence electrons. The average molecular weight is 387 g/mol. The van der Waals surface area contributed by atoms with E-state index in [0.29, 0.717) is 25.0 Å². The van der Waals surface area contributed by atoms with E-state index in [-0.39, 0.29) is 28.2 Å². The molecule has 1 aromatic carbocycles. The Balaban J connectivity index is 1.62. The molecule has 1 saturated heterocycles. The first-order valence-corrected chi connectivity index (χ1v) is 10.6. The van der Waals surface area contributed by atoms with Gasteiger partial charge in [0.05, 0.1) is 16.9 Å². The minimum atomic E-state index is -0.156. The Morgan fingerprint density at radius 3 is 2.52 bits per heavy atom. The zero-order valence-electron chi connectivity index (χ0n) is 15.9. The molecule has 2 heterocycles. The molecule has 2 aromatic rings. The molecule has 6 nitrogen and oxygen atoms in total. The van der Waals surface area contributed by atoms with Crippen LogP contribution in [0.25, 0.3) is 10.9 Å². The maximum atomic E-state index is 13.2. The van der Waals surface area contributed by atoms with Gasteiger partial charge in [-0.15, -0.1) is 0 Å². The van der Waals surface area contributed by atoms with Gasteiger partial charge in [0.2, 0.25) is 0 Å². The third kappa shape index (κ3) is 3.15. The molecule has 0 amide bonds. The van der Waals surface area contributed by atoms with Crippen LogP contribution in [0.1, 0.15) is 45.6 Å². The SMILES string of the molecule is CC1(Cn2c(=O)n(C3CNC3)c(=O)c3cc(SNC4(C)CC4)ccc32)CC1. The quantitative estimate of drug-likeness (QED) is 0.746. The standard InChI is InChI=1S/C20H26N4O2S/c1-19(5-6-19)12-23-16-4-3-14(27-22-20(2)7-8-20)9-15(16)17(25)24(18(23)26)13-10-21-11-13/h3-4,9,13,21-22H,5-8,10-12H2,1-2H3. The second-order valence-electron chi connectivity index (χ2n) is 9.11. The Bertz CT molecular complexity index is 1030. The van der Waals surface area contributed by atoms with Gasteiger partial charge in [0.15, 0.2) is 0 Å². The monoisotopic (exact) mass is 386 g/mol. The van der Waals surface area contributed by atoms with Gasteiger partial charge in [-0.05, 0) is 68.2 Å². The summed E-state index contributed by atoms with van der Waals surface area (Å²) in [5, 5.41) is 3.83. The molecular weight excluding hydrogens is 360 g/mol. The van der Waals surface area contributed by atoms with Crippen molar-refractivity contribution in [1.82, 2.24) is 19.2 Å². The Labute approximate surface area is 162 Å². The van der Waals surface area contributed by atoms with Crippen molar-refractivity contribution in [3.63, 3.8) is 0 Å². The van der Waals surface area contributed by atoms with Gasteiger partial charge in [-0.2, -0.15) is 0 Å². The van der Waals surface area contributed by atoms with E-state index in [1.54, 1.807) is 11.9 Å². The number of rotatable bonds is 6. The van der Waals surface area contributed by atoms with E-state index in [1.807, 2.05) is 22.8 Å². The first-order valence-electron chi connectivity index (χ1n) is 9.81. The molecule has 27 heavy (non-hydrogen) atoms. The number of hydrogen-bond acceptors (Lipinski definition) is 5. The lowest BCUT2D eigenvalue weighted by Crippen LogP contribution is -2.53. The van der Waals surface area contributed by atoms with Crippen molar-refractivity contribution in [1.29, 1.82) is 0 Å². The molecule has 1 aromatic heterocycles. The number of fused-ring (bicyclic) bond motifs is 1. The molecular formula is C20H26N4O2S. The summed E-state index contributed by atoms with van der Waals surface area (Å²) < 4.78 is 6.82. The van der Waals surface area contributed by atoms with Gasteiger partial charge >= 0.3 is 5.69 Å². The Kier molecular flexibility index (Phi) is 3.87. The van der Waals surface area contributed by atoms with Crippen LogP contribution in [0.15, 0.2) is 32.7 Å². The molecule has 2 N–H and O–H groups in total. The summed E-state index contributed by atoms with van der Waals surface area (Å²) in [6.07, 6.45) is 4.66. The lowest BCUT2D eigenvalue weighted by molar-refractivity contribution is 0.316. The second kappa shape index (κ2) is 5.96. The van der Waals surface area contributed by atoms with Gasteiger partial charge in [-0.3, -0.25) is 18.7 Å². The normalized spacial score (nSPS) is 22.6. The number of nitrogens with zero attached hydrogens (tertiary/aromatic N) is 2. The summed E-state index contributed by atoms with van der Waals surface area (Å²) in [6, 6.07) is 5.89. The van der Waals surface area contributed by atoms with E-state index >= 15 is 0 Å². The lowest BCUT2D eigenvalue weighted by atomic mass is 10.1. The fourth-order valence-electron chi connectivity index (χ4n) is 3.59. The summed E-state index contributed by atoms with van der Waals surface area (Å²) in [7, 11) is 0. The minimum Gasteiger partial charge on any atom is -0.312 e. The molecule has 5 rings (SSSR count). The Morgan fingerprint density at radius 1 is 1.19 bits per heavy atom. The fraction of sp³-hybridized carbons (Fsp3) is 0.600. The van der Waals surface area contributed by atoms with E-state index in [0.717, 1.165) is 23.3 Å². The van der Waals surface area contributed by atoms with Crippen molar-refractivity contribution in [2.75, 3.05) is 13.1 Å². The maximum Gasteiger partial charge on any atom is 0.331 e. The molecule has 2 aliphatic carbocycles. The van der Waals surface area contributed by atoms with Crippen molar-refractivity contribution >= 4 is 22.9 Å². The first kappa shape index (κ1) is 17.5. The number of hydrogen-bond donors (Lipinski definition) is 2. The van der Waals surface area contributed by atoms with E-state index in [9.17, 15) is 9.59 Å². The average Bonchev–Trinajstić information content (AvgIpc) is 3.52. The van der Waals surface area contributed by atoms with E-state index in [2.05, 4.69) is 23.9 Å². The van der Waals surface area contributed by atoms with E-state index < -0.39 is 0 Å². The van der Waals surface area contributed by atoms with E-state index in [4.69, 9.17) is 0 Å². The highest BCUT2D eigenvalue weighted by Gasteiger charge is 2.39. The van der Waals surface area contributed by atoms with Crippen LogP contribution < -0.4 is 21.3 Å². The summed E-state index contributed by atoms with van der Waals surface area (Å²) in [5.74, 6) is 0.